The van der Waals surface area contributed by atoms with E-state index in [0.29, 0.717) is 18.0 Å². The standard InChI is InChI=1S/C16H24N2O5S/c1-22-14-7-4-12(10-15(14)23-2)11-18(24(3,20)21)9-8-17-16(19)13-5-6-13/h4,7,10,13H,5-6,8-9,11H2,1-3H3,(H,17,19). The maximum atomic E-state index is 12.0. The first kappa shape index (κ1) is 18.5. The molecule has 1 aliphatic rings. The van der Waals surface area contributed by atoms with Gasteiger partial charge in [-0.3, -0.25) is 4.79 Å². The zero-order valence-electron chi connectivity index (χ0n) is 14.2. The van der Waals surface area contributed by atoms with E-state index in [0.717, 1.165) is 24.7 Å². The second-order valence-electron chi connectivity index (χ2n) is 5.85. The third-order valence-corrected chi connectivity index (χ3v) is 5.13. The average molecular weight is 356 g/mol. The molecule has 0 unspecified atom stereocenters. The van der Waals surface area contributed by atoms with E-state index in [1.165, 1.54) is 11.4 Å². The Morgan fingerprint density at radius 1 is 1.25 bits per heavy atom. The number of hydrogen-bond acceptors (Lipinski definition) is 5. The van der Waals surface area contributed by atoms with Gasteiger partial charge in [0.05, 0.1) is 20.5 Å². The number of carbonyl (C=O) groups excluding carboxylic acids is 1. The summed E-state index contributed by atoms with van der Waals surface area (Å²) in [4.78, 5) is 11.6. The second kappa shape index (κ2) is 7.85. The quantitative estimate of drug-likeness (QED) is 0.713. The summed E-state index contributed by atoms with van der Waals surface area (Å²) < 4.78 is 35.7. The predicted molar refractivity (Wildman–Crippen MR) is 90.5 cm³/mol. The van der Waals surface area contributed by atoms with E-state index in [1.54, 1.807) is 25.3 Å². The van der Waals surface area contributed by atoms with Gasteiger partial charge in [0.15, 0.2) is 11.5 Å². The van der Waals surface area contributed by atoms with Crippen LogP contribution in [-0.2, 0) is 21.4 Å². The number of methoxy groups -OCH3 is 2. The molecule has 0 saturated heterocycles. The largest absolute Gasteiger partial charge is 0.493 e. The van der Waals surface area contributed by atoms with Crippen LogP contribution in [0.15, 0.2) is 18.2 Å². The van der Waals surface area contributed by atoms with Gasteiger partial charge in [-0.2, -0.15) is 4.31 Å². The SMILES string of the molecule is COc1ccc(CN(CCNC(=O)C2CC2)S(C)(=O)=O)cc1OC. The van der Waals surface area contributed by atoms with E-state index in [1.807, 2.05) is 0 Å². The molecule has 1 N–H and O–H groups in total. The number of hydrogen-bond donors (Lipinski definition) is 1. The van der Waals surface area contributed by atoms with Crippen LogP contribution < -0.4 is 14.8 Å². The van der Waals surface area contributed by atoms with Gasteiger partial charge >= 0.3 is 0 Å². The molecule has 1 saturated carbocycles. The number of rotatable bonds is 9. The summed E-state index contributed by atoms with van der Waals surface area (Å²) >= 11 is 0. The van der Waals surface area contributed by atoms with Gasteiger partial charge in [0, 0.05) is 25.6 Å². The third-order valence-electron chi connectivity index (χ3n) is 3.88. The van der Waals surface area contributed by atoms with Crippen LogP contribution >= 0.6 is 0 Å². The number of nitrogens with one attached hydrogen (secondary N) is 1. The van der Waals surface area contributed by atoms with Crippen molar-refractivity contribution in [3.05, 3.63) is 23.8 Å². The highest BCUT2D eigenvalue weighted by Crippen LogP contribution is 2.29. The Kier molecular flexibility index (Phi) is 6.06. The summed E-state index contributed by atoms with van der Waals surface area (Å²) in [6.07, 6.45) is 3.01. The van der Waals surface area contributed by atoms with Gasteiger partial charge in [0.25, 0.3) is 0 Å². The van der Waals surface area contributed by atoms with Crippen LogP contribution in [0.1, 0.15) is 18.4 Å². The van der Waals surface area contributed by atoms with Crippen LogP contribution in [0.4, 0.5) is 0 Å². The van der Waals surface area contributed by atoms with Crippen molar-refractivity contribution in [3.63, 3.8) is 0 Å². The molecule has 0 radical (unpaired) electrons. The highest BCUT2D eigenvalue weighted by Gasteiger charge is 2.29. The van der Waals surface area contributed by atoms with Crippen LogP contribution in [0.3, 0.4) is 0 Å². The summed E-state index contributed by atoms with van der Waals surface area (Å²) in [6.45, 7) is 0.736. The lowest BCUT2D eigenvalue weighted by molar-refractivity contribution is -0.122. The topological polar surface area (TPSA) is 84.9 Å². The molecule has 7 nitrogen and oxygen atoms in total. The van der Waals surface area contributed by atoms with E-state index in [4.69, 9.17) is 9.47 Å². The average Bonchev–Trinajstić information content (AvgIpc) is 3.37. The van der Waals surface area contributed by atoms with Gasteiger partial charge in [-0.1, -0.05) is 6.07 Å². The maximum absolute atomic E-state index is 12.0. The Morgan fingerprint density at radius 3 is 2.46 bits per heavy atom. The van der Waals surface area contributed by atoms with Gasteiger partial charge in [-0.15, -0.1) is 0 Å². The van der Waals surface area contributed by atoms with Crippen LogP contribution in [0.5, 0.6) is 11.5 Å². The molecular formula is C16H24N2O5S. The number of carbonyl (C=O) groups is 1. The summed E-state index contributed by atoms with van der Waals surface area (Å²) in [5.41, 5.74) is 0.784. The van der Waals surface area contributed by atoms with E-state index in [-0.39, 0.29) is 24.9 Å². The Labute approximate surface area is 143 Å². The van der Waals surface area contributed by atoms with Gasteiger partial charge < -0.3 is 14.8 Å². The van der Waals surface area contributed by atoms with Crippen LogP contribution in [0.25, 0.3) is 0 Å². The molecule has 1 amide bonds. The first-order chi connectivity index (χ1) is 11.3. The van der Waals surface area contributed by atoms with Gasteiger partial charge in [-0.25, -0.2) is 8.42 Å². The molecular weight excluding hydrogens is 332 g/mol. The number of nitrogens with zero attached hydrogens (tertiary/aromatic N) is 1. The lowest BCUT2D eigenvalue weighted by Gasteiger charge is -2.21. The van der Waals surface area contributed by atoms with Crippen LogP contribution in [0, 0.1) is 5.92 Å². The molecule has 0 spiro atoms. The molecule has 0 atom stereocenters. The van der Waals surface area contributed by atoms with Gasteiger partial charge in [-0.05, 0) is 30.5 Å². The Bertz CT molecular complexity index is 686. The fraction of sp³-hybridized carbons (Fsp3) is 0.562. The van der Waals surface area contributed by atoms with Crippen molar-refractivity contribution in [3.8, 4) is 11.5 Å². The normalized spacial score (nSPS) is 14.5. The summed E-state index contributed by atoms with van der Waals surface area (Å²) in [5.74, 6) is 1.26. The molecule has 1 fully saturated rings. The minimum Gasteiger partial charge on any atom is -0.493 e. The van der Waals surface area contributed by atoms with E-state index < -0.39 is 10.0 Å². The van der Waals surface area contributed by atoms with Crippen molar-refractivity contribution in [1.29, 1.82) is 0 Å². The lowest BCUT2D eigenvalue weighted by atomic mass is 10.2. The minimum absolute atomic E-state index is 0.00886. The zero-order chi connectivity index (χ0) is 17.7. The Balaban J connectivity index is 2.01. The summed E-state index contributed by atoms with van der Waals surface area (Å²) in [7, 11) is -0.315. The minimum atomic E-state index is -3.39. The number of benzene rings is 1. The highest BCUT2D eigenvalue weighted by molar-refractivity contribution is 7.88. The molecule has 8 heteroatoms. The second-order valence-corrected chi connectivity index (χ2v) is 7.83. The fourth-order valence-corrected chi connectivity index (χ4v) is 3.14. The van der Waals surface area contributed by atoms with Crippen LogP contribution in [0.2, 0.25) is 0 Å². The van der Waals surface area contributed by atoms with Crippen molar-refractivity contribution in [2.75, 3.05) is 33.6 Å². The van der Waals surface area contributed by atoms with Crippen LogP contribution in [-0.4, -0.2) is 52.2 Å². The monoisotopic (exact) mass is 356 g/mol. The molecule has 134 valence electrons. The zero-order valence-corrected chi connectivity index (χ0v) is 15.1. The van der Waals surface area contributed by atoms with Crippen molar-refractivity contribution >= 4 is 15.9 Å². The summed E-state index contributed by atoms with van der Waals surface area (Å²) in [6, 6.07) is 5.28. The number of ether oxygens (including phenoxy) is 2. The highest BCUT2D eigenvalue weighted by atomic mass is 32.2. The van der Waals surface area contributed by atoms with Crippen molar-refractivity contribution in [2.45, 2.75) is 19.4 Å². The van der Waals surface area contributed by atoms with Gasteiger partial charge in [0.2, 0.25) is 15.9 Å². The molecule has 0 aromatic heterocycles. The Hall–Kier alpha value is -1.80. The molecule has 0 aliphatic heterocycles. The van der Waals surface area contributed by atoms with E-state index in [2.05, 4.69) is 5.32 Å². The molecule has 0 heterocycles. The van der Waals surface area contributed by atoms with Crippen molar-refractivity contribution < 1.29 is 22.7 Å². The Morgan fingerprint density at radius 2 is 1.92 bits per heavy atom. The van der Waals surface area contributed by atoms with E-state index in [9.17, 15) is 13.2 Å². The molecule has 1 aromatic carbocycles. The molecule has 1 aliphatic carbocycles. The van der Waals surface area contributed by atoms with Crippen molar-refractivity contribution in [1.82, 2.24) is 9.62 Å². The smallest absolute Gasteiger partial charge is 0.223 e. The number of amides is 1. The third kappa shape index (κ3) is 5.10. The molecule has 0 bridgehead atoms. The fourth-order valence-electron chi connectivity index (χ4n) is 2.34. The molecule has 2 rings (SSSR count). The lowest BCUT2D eigenvalue weighted by Crippen LogP contribution is -2.38. The first-order valence-corrected chi connectivity index (χ1v) is 9.63. The maximum Gasteiger partial charge on any atom is 0.223 e. The number of sulfonamides is 1. The molecule has 24 heavy (non-hydrogen) atoms. The predicted octanol–water partition coefficient (Wildman–Crippen LogP) is 0.992. The van der Waals surface area contributed by atoms with Crippen molar-refractivity contribution in [2.24, 2.45) is 5.92 Å². The van der Waals surface area contributed by atoms with E-state index >= 15 is 0 Å². The van der Waals surface area contributed by atoms with Gasteiger partial charge in [0.1, 0.15) is 0 Å². The molecule has 1 aromatic rings. The summed E-state index contributed by atoms with van der Waals surface area (Å²) in [5, 5.41) is 2.78. The first-order valence-electron chi connectivity index (χ1n) is 7.79.